The first-order chi connectivity index (χ1) is 4.50. The van der Waals surface area contributed by atoms with Crippen LogP contribution in [0, 0.1) is 0 Å². The van der Waals surface area contributed by atoms with Crippen molar-refractivity contribution < 1.29 is 182 Å². The van der Waals surface area contributed by atoms with Crippen molar-refractivity contribution in [2.75, 3.05) is 0 Å². The van der Waals surface area contributed by atoms with E-state index in [1.807, 2.05) is 0 Å². The SMILES string of the molecule is CC(O)(P(=O)([O-])[O-])P(=O)([O-])[O-].[Na+].[Na+].[Na+].[Na+].[Na+]. The molecule has 16 heavy (non-hydrogen) atoms. The second kappa shape index (κ2) is 13.9. The van der Waals surface area contributed by atoms with Crippen LogP contribution < -0.4 is 167 Å². The van der Waals surface area contributed by atoms with E-state index in [4.69, 9.17) is 5.11 Å². The summed E-state index contributed by atoms with van der Waals surface area (Å²) in [6.07, 6.45) is 0. The fourth-order valence-electron chi connectivity index (χ4n) is 0.150. The van der Waals surface area contributed by atoms with Gasteiger partial charge < -0.3 is 33.8 Å². The van der Waals surface area contributed by atoms with Gasteiger partial charge in [-0.3, -0.25) is 0 Å². The smallest absolute Gasteiger partial charge is 0.808 e. The van der Waals surface area contributed by atoms with Gasteiger partial charge in [-0.2, -0.15) is 0 Å². The molecular formula is C2H4Na5O7P2+. The second-order valence-corrected chi connectivity index (χ2v) is 6.05. The van der Waals surface area contributed by atoms with Gasteiger partial charge in [-0.1, -0.05) is 0 Å². The fourth-order valence-corrected chi connectivity index (χ4v) is 1.35. The molecule has 0 radical (unpaired) electrons. The molecule has 0 rings (SSSR count). The van der Waals surface area contributed by atoms with E-state index in [0.29, 0.717) is 0 Å². The van der Waals surface area contributed by atoms with Crippen LogP contribution in [0.5, 0.6) is 0 Å². The summed E-state index contributed by atoms with van der Waals surface area (Å²) in [5, 5.41) is 4.68. The number of rotatable bonds is 2. The Labute approximate surface area is 204 Å². The molecule has 0 amide bonds. The van der Waals surface area contributed by atoms with Crippen molar-refractivity contribution in [2.45, 2.75) is 12.0 Å². The molecule has 0 aliphatic carbocycles. The van der Waals surface area contributed by atoms with Crippen molar-refractivity contribution in [1.82, 2.24) is 0 Å². The van der Waals surface area contributed by atoms with Crippen molar-refractivity contribution in [3.05, 3.63) is 0 Å². The van der Waals surface area contributed by atoms with Gasteiger partial charge in [0.15, 0.2) is 0 Å². The summed E-state index contributed by atoms with van der Waals surface area (Å²) >= 11 is 0. The first-order valence-electron chi connectivity index (χ1n) is 2.27. The molecule has 0 spiro atoms. The molecule has 0 unspecified atom stereocenters. The summed E-state index contributed by atoms with van der Waals surface area (Å²) in [6, 6.07) is 0. The molecule has 0 aliphatic rings. The minimum absolute atomic E-state index is 0. The molecular weight excluding hydrogens is 313 g/mol. The van der Waals surface area contributed by atoms with Gasteiger partial charge in [-0.25, -0.2) is 0 Å². The Hall–Kier alpha value is 5.26. The number of hydrogen-bond donors (Lipinski definition) is 1. The van der Waals surface area contributed by atoms with Crippen LogP contribution in [-0.2, 0) is 9.13 Å². The maximum atomic E-state index is 9.95. The quantitative estimate of drug-likeness (QED) is 0.393. The Kier molecular flexibility index (Phi) is 32.5. The minimum atomic E-state index is -5.82. The summed E-state index contributed by atoms with van der Waals surface area (Å²) < 4.78 is 19.9. The molecule has 0 aromatic carbocycles. The van der Waals surface area contributed by atoms with Crippen LogP contribution in [0.4, 0.5) is 0 Å². The fraction of sp³-hybridized carbons (Fsp3) is 1.00. The molecule has 0 saturated carbocycles. The first kappa shape index (κ1) is 37.5. The van der Waals surface area contributed by atoms with E-state index in [-0.39, 0.29) is 155 Å². The molecule has 7 nitrogen and oxygen atoms in total. The summed E-state index contributed by atoms with van der Waals surface area (Å²) in [5.74, 6) is 0. The first-order valence-corrected chi connectivity index (χ1v) is 5.35. The van der Waals surface area contributed by atoms with Gasteiger partial charge >= 0.3 is 148 Å². The van der Waals surface area contributed by atoms with Gasteiger partial charge in [-0.05, 0) is 22.1 Å². The van der Waals surface area contributed by atoms with E-state index in [0.717, 1.165) is 0 Å². The van der Waals surface area contributed by atoms with E-state index >= 15 is 0 Å². The Morgan fingerprint density at radius 2 is 0.938 bits per heavy atom. The maximum Gasteiger partial charge on any atom is 1.00 e. The van der Waals surface area contributed by atoms with E-state index in [1.54, 1.807) is 0 Å². The molecule has 0 aromatic rings. The van der Waals surface area contributed by atoms with E-state index in [2.05, 4.69) is 0 Å². The normalized spacial score (nSPS) is 10.4. The van der Waals surface area contributed by atoms with Crippen LogP contribution in [0.3, 0.4) is 0 Å². The molecule has 68 valence electrons. The van der Waals surface area contributed by atoms with Gasteiger partial charge in [0.25, 0.3) is 0 Å². The van der Waals surface area contributed by atoms with Gasteiger partial charge in [0.05, 0.1) is 0 Å². The zero-order chi connectivity index (χ0) is 9.50. The predicted octanol–water partition coefficient (Wildman–Crippen LogP) is -18.5. The predicted molar refractivity (Wildman–Crippen MR) is 25.8 cm³/mol. The molecule has 0 fully saturated rings. The average Bonchev–Trinajstić information content (AvgIpc) is 1.58. The Morgan fingerprint density at radius 1 is 0.812 bits per heavy atom. The zero-order valence-electron chi connectivity index (χ0n) is 10.3. The third kappa shape index (κ3) is 11.9. The number of hydrogen-bond acceptors (Lipinski definition) is 7. The average molecular weight is 317 g/mol. The van der Waals surface area contributed by atoms with Gasteiger partial charge in [-0.15, -0.1) is 0 Å². The van der Waals surface area contributed by atoms with E-state index in [9.17, 15) is 28.7 Å². The van der Waals surface area contributed by atoms with Crippen LogP contribution in [-0.4, -0.2) is 10.2 Å². The Bertz CT molecular complexity index is 221. The van der Waals surface area contributed by atoms with Crippen LogP contribution >= 0.6 is 15.2 Å². The van der Waals surface area contributed by atoms with Crippen molar-refractivity contribution in [3.63, 3.8) is 0 Å². The van der Waals surface area contributed by atoms with Crippen LogP contribution in [0.25, 0.3) is 0 Å². The molecule has 0 heterocycles. The van der Waals surface area contributed by atoms with Crippen molar-refractivity contribution >= 4 is 15.2 Å². The molecule has 14 heteroatoms. The summed E-state index contributed by atoms with van der Waals surface area (Å²) in [4.78, 5) is 39.8. The molecule has 0 saturated heterocycles. The van der Waals surface area contributed by atoms with Gasteiger partial charge in [0.2, 0.25) is 0 Å². The zero-order valence-corrected chi connectivity index (χ0v) is 22.1. The Morgan fingerprint density at radius 3 is 0.938 bits per heavy atom. The van der Waals surface area contributed by atoms with Crippen LogP contribution in [0.15, 0.2) is 0 Å². The minimum Gasteiger partial charge on any atom is -0.808 e. The molecule has 0 atom stereocenters. The maximum absolute atomic E-state index is 9.95. The van der Waals surface area contributed by atoms with E-state index in [1.165, 1.54) is 0 Å². The van der Waals surface area contributed by atoms with Crippen LogP contribution in [0.1, 0.15) is 6.92 Å². The molecule has 1 N–H and O–H groups in total. The van der Waals surface area contributed by atoms with Gasteiger partial charge in [0, 0.05) is 0 Å². The van der Waals surface area contributed by atoms with E-state index < -0.39 is 20.3 Å². The topological polar surface area (TPSA) is 147 Å². The third-order valence-electron chi connectivity index (χ3n) is 1.04. The van der Waals surface area contributed by atoms with Crippen molar-refractivity contribution in [1.29, 1.82) is 0 Å². The van der Waals surface area contributed by atoms with Crippen molar-refractivity contribution in [3.8, 4) is 0 Å². The van der Waals surface area contributed by atoms with Crippen molar-refractivity contribution in [2.24, 2.45) is 0 Å². The van der Waals surface area contributed by atoms with Crippen LogP contribution in [0.2, 0.25) is 0 Å². The third-order valence-corrected chi connectivity index (χ3v) is 4.58. The second-order valence-electron chi connectivity index (χ2n) is 1.97. The largest absolute Gasteiger partial charge is 1.00 e. The summed E-state index contributed by atoms with van der Waals surface area (Å²) in [6.45, 7) is 0.133. The monoisotopic (exact) mass is 317 g/mol. The Balaban J connectivity index is -0.0000000500. The molecule has 0 aromatic heterocycles. The standard InChI is InChI=1S/C2H8O7P2.5Na/c1-2(3,10(4,5)6)11(7,8)9;;;;;/h3H,1H3,(H2,4,5,6)(H2,7,8,9);;;;;/q;5*+1/p-4. The summed E-state index contributed by atoms with van der Waals surface area (Å²) in [7, 11) is -11.6. The molecule has 0 bridgehead atoms. The number of aliphatic hydroxyl groups is 1. The molecule has 0 aliphatic heterocycles. The van der Waals surface area contributed by atoms with Gasteiger partial charge in [0.1, 0.15) is 5.08 Å². The summed E-state index contributed by atoms with van der Waals surface area (Å²) in [5.41, 5.74) is 0.